The van der Waals surface area contributed by atoms with E-state index in [9.17, 15) is 10.1 Å². The standard InChI is InChI=1S/C10H9BrN4O2/c11-8-5-7(1-2-9(8)15(16)17)14-6-10-12-3-4-13-10/h1-5,14H,6H2,(H,12,13). The molecule has 0 fully saturated rings. The first kappa shape index (κ1) is 11.6. The maximum absolute atomic E-state index is 10.6. The Balaban J connectivity index is 2.07. The summed E-state index contributed by atoms with van der Waals surface area (Å²) in [4.78, 5) is 17.2. The van der Waals surface area contributed by atoms with E-state index in [1.54, 1.807) is 24.5 Å². The Morgan fingerprint density at radius 1 is 1.53 bits per heavy atom. The van der Waals surface area contributed by atoms with E-state index in [-0.39, 0.29) is 5.69 Å². The molecule has 0 radical (unpaired) electrons. The van der Waals surface area contributed by atoms with Gasteiger partial charge in [-0.2, -0.15) is 0 Å². The van der Waals surface area contributed by atoms with Gasteiger partial charge in [-0.05, 0) is 28.1 Å². The molecule has 1 aromatic heterocycles. The number of nitrogens with zero attached hydrogens (tertiary/aromatic N) is 2. The van der Waals surface area contributed by atoms with Gasteiger partial charge in [-0.25, -0.2) is 4.98 Å². The lowest BCUT2D eigenvalue weighted by molar-refractivity contribution is -0.385. The molecular formula is C10H9BrN4O2. The lowest BCUT2D eigenvalue weighted by Crippen LogP contribution is -2.01. The molecule has 2 N–H and O–H groups in total. The molecule has 0 saturated carbocycles. The van der Waals surface area contributed by atoms with Gasteiger partial charge in [0, 0.05) is 24.1 Å². The molecule has 17 heavy (non-hydrogen) atoms. The van der Waals surface area contributed by atoms with Crippen LogP contribution in [0, 0.1) is 10.1 Å². The molecule has 0 unspecified atom stereocenters. The van der Waals surface area contributed by atoms with Crippen LogP contribution in [0.15, 0.2) is 35.1 Å². The SMILES string of the molecule is O=[N+]([O-])c1ccc(NCc2ncc[nH]2)cc1Br. The van der Waals surface area contributed by atoms with Crippen molar-refractivity contribution in [1.82, 2.24) is 9.97 Å². The van der Waals surface area contributed by atoms with Crippen LogP contribution in [0.1, 0.15) is 5.82 Å². The van der Waals surface area contributed by atoms with Crippen LogP contribution in [0.3, 0.4) is 0 Å². The van der Waals surface area contributed by atoms with Crippen molar-refractivity contribution in [2.24, 2.45) is 0 Å². The monoisotopic (exact) mass is 296 g/mol. The van der Waals surface area contributed by atoms with E-state index in [1.807, 2.05) is 0 Å². The first-order valence-electron chi connectivity index (χ1n) is 4.83. The highest BCUT2D eigenvalue weighted by molar-refractivity contribution is 9.10. The number of aromatic nitrogens is 2. The summed E-state index contributed by atoms with van der Waals surface area (Å²) in [7, 11) is 0. The lowest BCUT2D eigenvalue weighted by atomic mass is 10.3. The average Bonchev–Trinajstić information content (AvgIpc) is 2.78. The van der Waals surface area contributed by atoms with Crippen LogP contribution >= 0.6 is 15.9 Å². The Kier molecular flexibility index (Phi) is 3.38. The largest absolute Gasteiger partial charge is 0.378 e. The van der Waals surface area contributed by atoms with Gasteiger partial charge in [0.05, 0.1) is 15.9 Å². The van der Waals surface area contributed by atoms with Crippen molar-refractivity contribution in [2.45, 2.75) is 6.54 Å². The highest BCUT2D eigenvalue weighted by Gasteiger charge is 2.11. The van der Waals surface area contributed by atoms with Crippen LogP contribution in [0.4, 0.5) is 11.4 Å². The molecule has 7 heteroatoms. The number of benzene rings is 1. The minimum Gasteiger partial charge on any atom is -0.378 e. The van der Waals surface area contributed by atoms with E-state index < -0.39 is 4.92 Å². The first-order valence-corrected chi connectivity index (χ1v) is 5.62. The smallest absolute Gasteiger partial charge is 0.283 e. The number of anilines is 1. The fourth-order valence-corrected chi connectivity index (χ4v) is 1.87. The normalized spacial score (nSPS) is 10.2. The summed E-state index contributed by atoms with van der Waals surface area (Å²) in [5.41, 5.74) is 0.840. The van der Waals surface area contributed by atoms with Gasteiger partial charge in [0.2, 0.25) is 0 Å². The van der Waals surface area contributed by atoms with Crippen LogP contribution < -0.4 is 5.32 Å². The number of aromatic amines is 1. The minimum absolute atomic E-state index is 0.0496. The van der Waals surface area contributed by atoms with E-state index in [4.69, 9.17) is 0 Å². The summed E-state index contributed by atoms with van der Waals surface area (Å²) in [6.45, 7) is 0.539. The lowest BCUT2D eigenvalue weighted by Gasteiger charge is -2.05. The number of hydrogen-bond acceptors (Lipinski definition) is 4. The van der Waals surface area contributed by atoms with E-state index >= 15 is 0 Å². The molecule has 2 aromatic rings. The summed E-state index contributed by atoms with van der Waals surface area (Å²) in [5, 5.41) is 13.7. The van der Waals surface area contributed by atoms with Crippen molar-refractivity contribution in [3.8, 4) is 0 Å². The quantitative estimate of drug-likeness (QED) is 0.671. The highest BCUT2D eigenvalue weighted by Crippen LogP contribution is 2.27. The van der Waals surface area contributed by atoms with E-state index in [0.29, 0.717) is 11.0 Å². The molecule has 1 aromatic carbocycles. The second-order valence-electron chi connectivity index (χ2n) is 3.31. The Labute approximate surface area is 105 Å². The zero-order chi connectivity index (χ0) is 12.3. The van der Waals surface area contributed by atoms with Gasteiger partial charge in [0.15, 0.2) is 0 Å². The van der Waals surface area contributed by atoms with Crippen molar-refractivity contribution >= 4 is 27.3 Å². The van der Waals surface area contributed by atoms with Gasteiger partial charge in [-0.3, -0.25) is 10.1 Å². The minimum atomic E-state index is -0.430. The third-order valence-corrected chi connectivity index (χ3v) is 2.79. The van der Waals surface area contributed by atoms with Crippen molar-refractivity contribution < 1.29 is 4.92 Å². The predicted octanol–water partition coefficient (Wildman–Crippen LogP) is 2.69. The third-order valence-electron chi connectivity index (χ3n) is 2.16. The van der Waals surface area contributed by atoms with Gasteiger partial charge in [0.1, 0.15) is 5.82 Å². The molecule has 0 amide bonds. The second-order valence-corrected chi connectivity index (χ2v) is 4.17. The van der Waals surface area contributed by atoms with Gasteiger partial charge in [-0.1, -0.05) is 0 Å². The number of nitrogens with one attached hydrogen (secondary N) is 2. The van der Waals surface area contributed by atoms with E-state index in [1.165, 1.54) is 6.07 Å². The van der Waals surface area contributed by atoms with Gasteiger partial charge in [0.25, 0.3) is 5.69 Å². The van der Waals surface area contributed by atoms with E-state index in [2.05, 4.69) is 31.2 Å². The number of halogens is 1. The number of nitro groups is 1. The van der Waals surface area contributed by atoms with Gasteiger partial charge in [-0.15, -0.1) is 0 Å². The van der Waals surface area contributed by atoms with Crippen LogP contribution in [-0.2, 0) is 6.54 Å². The fourth-order valence-electron chi connectivity index (χ4n) is 1.35. The molecular weight excluding hydrogens is 288 g/mol. The summed E-state index contributed by atoms with van der Waals surface area (Å²) in [5.74, 6) is 0.805. The predicted molar refractivity (Wildman–Crippen MR) is 66.7 cm³/mol. The maximum atomic E-state index is 10.6. The van der Waals surface area contributed by atoms with Crippen molar-refractivity contribution in [3.05, 3.63) is 51.0 Å². The van der Waals surface area contributed by atoms with Crippen LogP contribution in [-0.4, -0.2) is 14.9 Å². The summed E-state index contributed by atoms with van der Waals surface area (Å²) in [6, 6.07) is 4.78. The average molecular weight is 297 g/mol. The zero-order valence-electron chi connectivity index (χ0n) is 8.68. The molecule has 0 atom stereocenters. The van der Waals surface area contributed by atoms with Gasteiger partial charge >= 0.3 is 0 Å². The zero-order valence-corrected chi connectivity index (χ0v) is 10.3. The summed E-state index contributed by atoms with van der Waals surface area (Å²) < 4.78 is 0.451. The number of imidazole rings is 1. The van der Waals surface area contributed by atoms with Crippen molar-refractivity contribution in [3.63, 3.8) is 0 Å². The summed E-state index contributed by atoms with van der Waals surface area (Å²) in [6.07, 6.45) is 3.41. The molecule has 1 heterocycles. The Hall–Kier alpha value is -1.89. The number of rotatable bonds is 4. The third kappa shape index (κ3) is 2.82. The van der Waals surface area contributed by atoms with Gasteiger partial charge < -0.3 is 10.3 Å². The fraction of sp³-hybridized carbons (Fsp3) is 0.100. The maximum Gasteiger partial charge on any atom is 0.283 e. The molecule has 0 bridgehead atoms. The number of hydrogen-bond donors (Lipinski definition) is 2. The topological polar surface area (TPSA) is 83.8 Å². The van der Waals surface area contributed by atoms with Crippen LogP contribution in [0.25, 0.3) is 0 Å². The molecule has 0 saturated heterocycles. The Morgan fingerprint density at radius 2 is 2.35 bits per heavy atom. The molecule has 88 valence electrons. The van der Waals surface area contributed by atoms with E-state index in [0.717, 1.165) is 11.5 Å². The van der Waals surface area contributed by atoms with Crippen LogP contribution in [0.2, 0.25) is 0 Å². The molecule has 6 nitrogen and oxygen atoms in total. The second kappa shape index (κ2) is 4.96. The molecule has 0 aliphatic carbocycles. The first-order chi connectivity index (χ1) is 8.16. The molecule has 0 aliphatic heterocycles. The molecule has 0 spiro atoms. The van der Waals surface area contributed by atoms with Crippen molar-refractivity contribution in [2.75, 3.05) is 5.32 Å². The Morgan fingerprint density at radius 3 is 2.94 bits per heavy atom. The number of nitro benzene ring substituents is 1. The summed E-state index contributed by atoms with van der Waals surface area (Å²) >= 11 is 3.16. The molecule has 2 rings (SSSR count). The Bertz CT molecular complexity index is 527. The van der Waals surface area contributed by atoms with Crippen molar-refractivity contribution in [1.29, 1.82) is 0 Å². The number of H-pyrrole nitrogens is 1. The van der Waals surface area contributed by atoms with Crippen LogP contribution in [0.5, 0.6) is 0 Å². The highest BCUT2D eigenvalue weighted by atomic mass is 79.9. The molecule has 0 aliphatic rings.